The van der Waals surface area contributed by atoms with E-state index < -0.39 is 5.54 Å². The fraction of sp³-hybridized carbons (Fsp3) is 0.417. The smallest absolute Gasteiger partial charge is 0.266 e. The maximum Gasteiger partial charge on any atom is 0.266 e. The molecule has 1 saturated heterocycles. The average Bonchev–Trinajstić information content (AvgIpc) is 3.07. The highest BCUT2D eigenvalue weighted by molar-refractivity contribution is 7.80. The number of nitrogens with zero attached hydrogens (tertiary/aromatic N) is 2. The van der Waals surface area contributed by atoms with E-state index in [0.717, 1.165) is 42.8 Å². The van der Waals surface area contributed by atoms with E-state index in [1.165, 1.54) is 6.42 Å². The van der Waals surface area contributed by atoms with Crippen LogP contribution in [-0.2, 0) is 10.3 Å². The van der Waals surface area contributed by atoms with E-state index in [1.807, 2.05) is 60.7 Å². The first-order valence-corrected chi connectivity index (χ1v) is 11.4. The van der Waals surface area contributed by atoms with Gasteiger partial charge in [0, 0.05) is 6.54 Å². The molecule has 2 aliphatic rings. The van der Waals surface area contributed by atoms with Crippen molar-refractivity contribution in [3.63, 3.8) is 0 Å². The van der Waals surface area contributed by atoms with Gasteiger partial charge in [0.2, 0.25) is 0 Å². The zero-order valence-electron chi connectivity index (χ0n) is 17.6. The van der Waals surface area contributed by atoms with Gasteiger partial charge in [0.15, 0.2) is 11.5 Å². The lowest BCUT2D eigenvalue weighted by Crippen LogP contribution is -2.47. The van der Waals surface area contributed by atoms with E-state index >= 15 is 0 Å². The van der Waals surface area contributed by atoms with Crippen molar-refractivity contribution in [3.8, 4) is 0 Å². The second-order valence-corrected chi connectivity index (χ2v) is 8.21. The Morgan fingerprint density at radius 3 is 2.17 bits per heavy atom. The second kappa shape index (κ2) is 10.6. The minimum absolute atomic E-state index is 0.0574. The molecule has 2 aromatic rings. The molecule has 1 atom stereocenters. The summed E-state index contributed by atoms with van der Waals surface area (Å²) in [5, 5.41) is 3.40. The van der Waals surface area contributed by atoms with Gasteiger partial charge in [-0.15, -0.1) is 0 Å². The third-order valence-electron chi connectivity index (χ3n) is 5.56. The lowest BCUT2D eigenvalue weighted by Gasteiger charge is -2.30. The van der Waals surface area contributed by atoms with E-state index in [9.17, 15) is 4.79 Å². The lowest BCUT2D eigenvalue weighted by atomic mass is 9.82. The highest BCUT2D eigenvalue weighted by Crippen LogP contribution is 2.39. The molecule has 0 saturated carbocycles. The van der Waals surface area contributed by atoms with Crippen molar-refractivity contribution in [2.24, 2.45) is 16.6 Å². The third-order valence-corrected chi connectivity index (χ3v) is 6.01. The number of aliphatic imine (C=N–C) groups is 1. The van der Waals surface area contributed by atoms with Gasteiger partial charge in [0.05, 0.1) is 0 Å². The summed E-state index contributed by atoms with van der Waals surface area (Å²) in [5.41, 5.74) is 6.88. The molecule has 5 nitrogen and oxygen atoms in total. The zero-order valence-corrected chi connectivity index (χ0v) is 18.5. The average molecular weight is 425 g/mol. The molecule has 0 aliphatic carbocycles. The van der Waals surface area contributed by atoms with Crippen LogP contribution in [0.1, 0.15) is 37.3 Å². The molecule has 0 aromatic heterocycles. The molecular weight excluding hydrogens is 392 g/mol. The van der Waals surface area contributed by atoms with Crippen LogP contribution in [0.25, 0.3) is 0 Å². The quantitative estimate of drug-likeness (QED) is 0.644. The molecule has 6 heteroatoms. The highest BCUT2D eigenvalue weighted by Gasteiger charge is 2.50. The monoisotopic (exact) mass is 424 g/mol. The van der Waals surface area contributed by atoms with Crippen LogP contribution in [0.3, 0.4) is 0 Å². The van der Waals surface area contributed by atoms with Crippen LogP contribution in [0.4, 0.5) is 0 Å². The molecule has 1 fully saturated rings. The molecule has 0 radical (unpaired) electrons. The van der Waals surface area contributed by atoms with E-state index in [0.29, 0.717) is 18.4 Å². The number of thiol groups is 1. The van der Waals surface area contributed by atoms with Crippen molar-refractivity contribution in [1.29, 1.82) is 0 Å². The van der Waals surface area contributed by atoms with Crippen molar-refractivity contribution in [2.45, 2.75) is 31.7 Å². The molecule has 0 bridgehead atoms. The van der Waals surface area contributed by atoms with Crippen molar-refractivity contribution in [2.75, 3.05) is 25.4 Å². The summed E-state index contributed by atoms with van der Waals surface area (Å²) < 4.78 is 0. The van der Waals surface area contributed by atoms with Crippen LogP contribution >= 0.6 is 12.6 Å². The Bertz CT molecular complexity index is 793. The number of carbonyl (C=O) groups is 1. The summed E-state index contributed by atoms with van der Waals surface area (Å²) in [4.78, 5) is 20.0. The fourth-order valence-electron chi connectivity index (χ4n) is 4.00. The van der Waals surface area contributed by atoms with Gasteiger partial charge >= 0.3 is 0 Å². The summed E-state index contributed by atoms with van der Waals surface area (Å²) >= 11 is 3.92. The number of benzene rings is 2. The van der Waals surface area contributed by atoms with Gasteiger partial charge in [-0.05, 0) is 55.1 Å². The van der Waals surface area contributed by atoms with Crippen molar-refractivity contribution in [3.05, 3.63) is 71.8 Å². The maximum atomic E-state index is 13.6. The van der Waals surface area contributed by atoms with Crippen LogP contribution in [0, 0.1) is 5.92 Å². The predicted octanol–water partition coefficient (Wildman–Crippen LogP) is 3.41. The van der Waals surface area contributed by atoms with Gasteiger partial charge in [-0.1, -0.05) is 67.6 Å². The Kier molecular flexibility index (Phi) is 7.94. The maximum absolute atomic E-state index is 13.6. The Morgan fingerprint density at radius 2 is 1.70 bits per heavy atom. The van der Waals surface area contributed by atoms with Crippen molar-refractivity contribution in [1.82, 2.24) is 10.2 Å². The molecule has 160 valence electrons. The van der Waals surface area contributed by atoms with Crippen molar-refractivity contribution < 1.29 is 4.79 Å². The Labute approximate surface area is 185 Å². The van der Waals surface area contributed by atoms with Gasteiger partial charge in [-0.25, -0.2) is 4.99 Å². The minimum atomic E-state index is -1.09. The van der Waals surface area contributed by atoms with Crippen LogP contribution < -0.4 is 11.1 Å². The van der Waals surface area contributed by atoms with Crippen LogP contribution in [0.2, 0.25) is 0 Å². The zero-order chi connectivity index (χ0) is 21.4. The first-order chi connectivity index (χ1) is 14.6. The standard InChI is InChI=1S/C21H24N4O.C3H8S/c22-20-24-21(17-9-3-1-4-10-17,18-11-5-2-6-12-18)19(26)25(20)15-16-8-7-13-23-14-16;1-2-3-4/h1-6,9-12,16,23H,7-8,13-15H2,(H2,22,24);4H,2-3H2,1H3. The van der Waals surface area contributed by atoms with Crippen molar-refractivity contribution >= 4 is 24.5 Å². The minimum Gasteiger partial charge on any atom is -0.369 e. The Morgan fingerprint density at radius 1 is 1.13 bits per heavy atom. The molecule has 2 heterocycles. The molecule has 1 amide bonds. The summed E-state index contributed by atoms with van der Waals surface area (Å²) in [6.45, 7) is 4.68. The van der Waals surface area contributed by atoms with E-state index in [-0.39, 0.29) is 5.91 Å². The van der Waals surface area contributed by atoms with E-state index in [4.69, 9.17) is 10.7 Å². The summed E-state index contributed by atoms with van der Waals surface area (Å²) in [6.07, 6.45) is 3.42. The number of hydrogen-bond acceptors (Lipinski definition) is 5. The SMILES string of the molecule is CCCS.NC1=NC(c2ccccc2)(c2ccccc2)C(=O)N1CC1CCCNC1. The fourth-order valence-corrected chi connectivity index (χ4v) is 4.00. The third kappa shape index (κ3) is 4.71. The first kappa shape index (κ1) is 22.4. The number of carbonyl (C=O) groups excluding carboxylic acids is 1. The molecule has 4 rings (SSSR count). The van der Waals surface area contributed by atoms with Gasteiger partial charge in [-0.2, -0.15) is 12.6 Å². The Balaban J connectivity index is 0.000000589. The van der Waals surface area contributed by atoms with Gasteiger partial charge < -0.3 is 11.1 Å². The number of hydrogen-bond donors (Lipinski definition) is 3. The number of guanidine groups is 1. The lowest BCUT2D eigenvalue weighted by molar-refractivity contribution is -0.130. The Hall–Kier alpha value is -2.31. The number of rotatable bonds is 5. The summed E-state index contributed by atoms with van der Waals surface area (Å²) in [5.74, 6) is 1.68. The van der Waals surface area contributed by atoms with Crippen LogP contribution in [0.5, 0.6) is 0 Å². The first-order valence-electron chi connectivity index (χ1n) is 10.7. The number of nitrogens with two attached hydrogens (primary N) is 1. The molecule has 2 aliphatic heterocycles. The number of amides is 1. The molecule has 0 spiro atoms. The van der Waals surface area contributed by atoms with Gasteiger partial charge in [-0.3, -0.25) is 9.69 Å². The summed E-state index contributed by atoms with van der Waals surface area (Å²) in [6, 6.07) is 19.4. The molecule has 3 N–H and O–H groups in total. The largest absolute Gasteiger partial charge is 0.369 e. The topological polar surface area (TPSA) is 70.7 Å². The highest BCUT2D eigenvalue weighted by atomic mass is 32.1. The number of nitrogens with one attached hydrogen (secondary N) is 1. The normalized spacial score (nSPS) is 20.3. The van der Waals surface area contributed by atoms with Crippen LogP contribution in [-0.4, -0.2) is 42.2 Å². The molecule has 1 unspecified atom stereocenters. The number of piperidine rings is 1. The molecular formula is C24H32N4OS. The second-order valence-electron chi connectivity index (χ2n) is 7.76. The van der Waals surface area contributed by atoms with Gasteiger partial charge in [0.1, 0.15) is 0 Å². The predicted molar refractivity (Wildman–Crippen MR) is 127 cm³/mol. The molecule has 2 aromatic carbocycles. The van der Waals surface area contributed by atoms with E-state index in [1.54, 1.807) is 4.90 Å². The van der Waals surface area contributed by atoms with Gasteiger partial charge in [0.25, 0.3) is 5.91 Å². The molecule has 30 heavy (non-hydrogen) atoms. The summed E-state index contributed by atoms with van der Waals surface area (Å²) in [7, 11) is 0. The van der Waals surface area contributed by atoms with E-state index in [2.05, 4.69) is 24.9 Å². The van der Waals surface area contributed by atoms with Crippen LogP contribution in [0.15, 0.2) is 65.7 Å².